The summed E-state index contributed by atoms with van der Waals surface area (Å²) >= 11 is 1.40. The molecule has 1 atom stereocenters. The molecule has 3 aromatic rings. The van der Waals surface area contributed by atoms with Crippen LogP contribution < -0.4 is 20.7 Å². The summed E-state index contributed by atoms with van der Waals surface area (Å²) in [5.74, 6) is 0.933. The number of amides is 1. The average Bonchev–Trinajstić information content (AvgIpc) is 2.86. The number of nitrogens with one attached hydrogen (secondary N) is 1. The number of nitrogens with two attached hydrogens (primary N) is 1. The van der Waals surface area contributed by atoms with Crippen molar-refractivity contribution in [1.29, 1.82) is 0 Å². The van der Waals surface area contributed by atoms with E-state index in [1.165, 1.54) is 28.8 Å². The van der Waals surface area contributed by atoms with Crippen molar-refractivity contribution in [2.24, 2.45) is 11.7 Å². The molecule has 0 fully saturated rings. The summed E-state index contributed by atoms with van der Waals surface area (Å²) in [6.07, 6.45) is 0.522. The lowest BCUT2D eigenvalue weighted by molar-refractivity contribution is -0.120. The molecule has 0 saturated heterocycles. The molecule has 0 aliphatic rings. The number of hydrogen-bond donors (Lipinski definition) is 2. The van der Waals surface area contributed by atoms with Gasteiger partial charge in [0.15, 0.2) is 0 Å². The number of halogens is 1. The Labute approximate surface area is 228 Å². The molecule has 10 heteroatoms. The molecule has 204 valence electrons. The van der Waals surface area contributed by atoms with Gasteiger partial charge in [0.2, 0.25) is 11.9 Å². The number of benzene rings is 2. The lowest BCUT2D eigenvalue weighted by atomic mass is 10.0. The van der Waals surface area contributed by atoms with Crippen molar-refractivity contribution >= 4 is 35.1 Å². The van der Waals surface area contributed by atoms with Crippen molar-refractivity contribution in [3.63, 3.8) is 0 Å². The molecule has 1 amide bonds. The first-order valence-electron chi connectivity index (χ1n) is 12.6. The van der Waals surface area contributed by atoms with Crippen LogP contribution >= 0.6 is 11.8 Å². The summed E-state index contributed by atoms with van der Waals surface area (Å²) in [6.45, 7) is 8.43. The molecular weight excluding hydrogens is 505 g/mol. The van der Waals surface area contributed by atoms with Gasteiger partial charge in [0.25, 0.3) is 0 Å². The third kappa shape index (κ3) is 8.97. The van der Waals surface area contributed by atoms with Gasteiger partial charge in [0, 0.05) is 16.6 Å². The minimum Gasteiger partial charge on any atom is -0.497 e. The molecule has 0 radical (unpaired) electrons. The molecule has 3 rings (SSSR count). The van der Waals surface area contributed by atoms with Crippen LogP contribution in [0.2, 0.25) is 0 Å². The van der Waals surface area contributed by atoms with Gasteiger partial charge >= 0.3 is 0 Å². The maximum atomic E-state index is 13.8. The Morgan fingerprint density at radius 3 is 2.47 bits per heavy atom. The second kappa shape index (κ2) is 14.1. The van der Waals surface area contributed by atoms with Crippen LogP contribution in [0.5, 0.6) is 5.75 Å². The zero-order valence-electron chi connectivity index (χ0n) is 22.5. The van der Waals surface area contributed by atoms with Gasteiger partial charge in [-0.1, -0.05) is 31.7 Å². The summed E-state index contributed by atoms with van der Waals surface area (Å²) in [7, 11) is 1.61. The van der Waals surface area contributed by atoms with Gasteiger partial charge in [-0.2, -0.15) is 4.98 Å². The predicted octanol–water partition coefficient (Wildman–Crippen LogP) is 5.65. The van der Waals surface area contributed by atoms with Gasteiger partial charge in [-0.25, -0.2) is 9.37 Å². The van der Waals surface area contributed by atoms with E-state index in [0.29, 0.717) is 29.6 Å². The van der Waals surface area contributed by atoms with E-state index in [2.05, 4.69) is 10.3 Å². The van der Waals surface area contributed by atoms with Crippen molar-refractivity contribution in [3.8, 4) is 5.75 Å². The highest BCUT2D eigenvalue weighted by molar-refractivity contribution is 7.99. The van der Waals surface area contributed by atoms with Crippen LogP contribution in [0.3, 0.4) is 0 Å². The van der Waals surface area contributed by atoms with Crippen molar-refractivity contribution in [3.05, 3.63) is 60.4 Å². The number of rotatable bonds is 13. The number of anilines is 3. The number of aromatic nitrogens is 2. The highest BCUT2D eigenvalue weighted by Gasteiger charge is 2.26. The minimum atomic E-state index is -0.713. The van der Waals surface area contributed by atoms with Crippen molar-refractivity contribution in [2.75, 3.05) is 30.5 Å². The van der Waals surface area contributed by atoms with E-state index in [1.807, 2.05) is 52.0 Å². The average molecular weight is 542 g/mol. The molecule has 0 spiro atoms. The minimum absolute atomic E-state index is 0.000579. The predicted molar refractivity (Wildman–Crippen MR) is 150 cm³/mol. The maximum Gasteiger partial charge on any atom is 0.246 e. The first kappa shape index (κ1) is 29.3. The van der Waals surface area contributed by atoms with E-state index < -0.39 is 6.04 Å². The van der Waals surface area contributed by atoms with Gasteiger partial charge in [0.05, 0.1) is 32.4 Å². The summed E-state index contributed by atoms with van der Waals surface area (Å²) in [5.41, 5.74) is 6.81. The lowest BCUT2D eigenvalue weighted by Gasteiger charge is -2.26. The van der Waals surface area contributed by atoms with Crippen molar-refractivity contribution in [1.82, 2.24) is 9.97 Å². The molecule has 1 aromatic heterocycles. The highest BCUT2D eigenvalue weighted by atomic mass is 32.2. The standard InChI is InChI=1S/C28H36FN5O3S/c1-18(2)15-24(30)27(35)34(13-14-37-19(3)4)28-32-25(31-21-8-6-7-20(29)16-21)17-26(33-28)38-23-11-9-22(36-5)10-12-23/h6-12,16-19,24H,13-15,30H2,1-5H3,(H,31,32,33)/t24-/m0/s1. The summed E-state index contributed by atoms with van der Waals surface area (Å²) in [6, 6.07) is 14.7. The molecule has 0 aliphatic heterocycles. The first-order valence-corrected chi connectivity index (χ1v) is 13.4. The van der Waals surface area contributed by atoms with E-state index >= 15 is 0 Å². The van der Waals surface area contributed by atoms with Crippen LogP contribution in [0, 0.1) is 11.7 Å². The van der Waals surface area contributed by atoms with Crippen LogP contribution in [0.15, 0.2) is 64.5 Å². The molecule has 0 aliphatic carbocycles. The smallest absolute Gasteiger partial charge is 0.246 e. The Hall–Kier alpha value is -3.21. The number of ether oxygens (including phenoxy) is 2. The summed E-state index contributed by atoms with van der Waals surface area (Å²) in [4.78, 5) is 25.2. The number of methoxy groups -OCH3 is 1. The molecule has 2 aromatic carbocycles. The number of nitrogens with zero attached hydrogens (tertiary/aromatic N) is 3. The second-order valence-electron chi connectivity index (χ2n) is 9.45. The van der Waals surface area contributed by atoms with E-state index in [4.69, 9.17) is 20.2 Å². The van der Waals surface area contributed by atoms with Crippen molar-refractivity contribution < 1.29 is 18.7 Å². The molecule has 0 unspecified atom stereocenters. The SMILES string of the molecule is COc1ccc(Sc2cc(Nc3cccc(F)c3)nc(N(CCOC(C)C)C(=O)[C@@H](N)CC(C)C)n2)cc1. The zero-order valence-corrected chi connectivity index (χ0v) is 23.3. The van der Waals surface area contributed by atoms with Crippen LogP contribution in [0.25, 0.3) is 0 Å². The number of carbonyl (C=O) groups excluding carboxylic acids is 1. The van der Waals surface area contributed by atoms with Crippen LogP contribution in [0.4, 0.5) is 21.8 Å². The third-order valence-corrected chi connectivity index (χ3v) is 6.31. The highest BCUT2D eigenvalue weighted by Crippen LogP contribution is 2.31. The zero-order chi connectivity index (χ0) is 27.7. The normalized spacial score (nSPS) is 12.0. The fraction of sp³-hybridized carbons (Fsp3) is 0.393. The van der Waals surface area contributed by atoms with Gasteiger partial charge in [-0.3, -0.25) is 9.69 Å². The topological polar surface area (TPSA) is 103 Å². The van der Waals surface area contributed by atoms with Gasteiger partial charge in [-0.15, -0.1) is 0 Å². The quantitative estimate of drug-likeness (QED) is 0.268. The summed E-state index contributed by atoms with van der Waals surface area (Å²) < 4.78 is 24.8. The van der Waals surface area contributed by atoms with E-state index in [9.17, 15) is 9.18 Å². The van der Waals surface area contributed by atoms with E-state index in [0.717, 1.165) is 10.6 Å². The van der Waals surface area contributed by atoms with Crippen LogP contribution in [-0.2, 0) is 9.53 Å². The van der Waals surface area contributed by atoms with Crippen LogP contribution in [-0.4, -0.2) is 48.3 Å². The molecule has 0 bridgehead atoms. The molecular formula is C28H36FN5O3S. The molecule has 1 heterocycles. The molecule has 38 heavy (non-hydrogen) atoms. The molecule has 0 saturated carbocycles. The third-order valence-electron chi connectivity index (χ3n) is 5.39. The van der Waals surface area contributed by atoms with Crippen LogP contribution in [0.1, 0.15) is 34.1 Å². The Bertz CT molecular complexity index is 1190. The van der Waals surface area contributed by atoms with Crippen molar-refractivity contribution in [2.45, 2.75) is 56.2 Å². The molecule has 8 nitrogen and oxygen atoms in total. The Morgan fingerprint density at radius 2 is 1.84 bits per heavy atom. The Balaban J connectivity index is 2.00. The first-order chi connectivity index (χ1) is 18.1. The maximum absolute atomic E-state index is 13.8. The molecule has 3 N–H and O–H groups in total. The van der Waals surface area contributed by atoms with E-state index in [1.54, 1.807) is 25.3 Å². The van der Waals surface area contributed by atoms with Gasteiger partial charge in [-0.05, 0) is 68.7 Å². The second-order valence-corrected chi connectivity index (χ2v) is 10.5. The van der Waals surface area contributed by atoms with Gasteiger partial charge in [0.1, 0.15) is 22.4 Å². The monoisotopic (exact) mass is 541 g/mol. The largest absolute Gasteiger partial charge is 0.497 e. The van der Waals surface area contributed by atoms with Gasteiger partial charge < -0.3 is 20.5 Å². The number of hydrogen-bond acceptors (Lipinski definition) is 8. The lowest BCUT2D eigenvalue weighted by Crippen LogP contribution is -2.46. The number of carbonyl (C=O) groups is 1. The Morgan fingerprint density at radius 1 is 1.11 bits per heavy atom. The summed E-state index contributed by atoms with van der Waals surface area (Å²) in [5, 5.41) is 3.73. The fourth-order valence-corrected chi connectivity index (χ4v) is 4.44. The van der Waals surface area contributed by atoms with E-state index in [-0.39, 0.29) is 36.2 Å². The fourth-order valence-electron chi connectivity index (χ4n) is 3.63. The Kier molecular flexibility index (Phi) is 10.9.